The third-order valence-corrected chi connectivity index (χ3v) is 6.22. The Bertz CT molecular complexity index is 1300. The number of hydrogen-bond donors (Lipinski definition) is 3. The number of halogens is 1. The smallest absolute Gasteiger partial charge is 0.335 e. The van der Waals surface area contributed by atoms with Gasteiger partial charge in [-0.05, 0) is 54.1 Å². The number of benzene rings is 3. The Morgan fingerprint density at radius 1 is 1.03 bits per heavy atom. The number of anilines is 2. The van der Waals surface area contributed by atoms with Gasteiger partial charge < -0.3 is 30.1 Å². The topological polar surface area (TPSA) is 117 Å². The molecule has 0 aromatic heterocycles. The molecule has 0 saturated carbocycles. The van der Waals surface area contributed by atoms with E-state index < -0.39 is 12.0 Å². The molecule has 9 nitrogen and oxygen atoms in total. The molecule has 3 amide bonds. The van der Waals surface area contributed by atoms with Gasteiger partial charge in [0.15, 0.2) is 0 Å². The Kier molecular flexibility index (Phi) is 8.15. The molecule has 1 fully saturated rings. The number of carbonyl (C=O) groups is 3. The molecule has 0 aliphatic carbocycles. The molecule has 0 spiro atoms. The van der Waals surface area contributed by atoms with Crippen LogP contribution < -0.4 is 20.1 Å². The average molecular weight is 524 g/mol. The Morgan fingerprint density at radius 3 is 2.46 bits per heavy atom. The van der Waals surface area contributed by atoms with Gasteiger partial charge in [0.2, 0.25) is 5.91 Å². The highest BCUT2D eigenvalue weighted by Gasteiger charge is 2.28. The minimum absolute atomic E-state index is 0.0495. The van der Waals surface area contributed by atoms with Crippen LogP contribution in [0.25, 0.3) is 0 Å². The summed E-state index contributed by atoms with van der Waals surface area (Å²) in [5, 5.41) is 14.8. The number of carboxylic acids is 1. The third kappa shape index (κ3) is 6.71. The minimum atomic E-state index is -0.995. The number of urea groups is 1. The van der Waals surface area contributed by atoms with Crippen molar-refractivity contribution in [2.24, 2.45) is 0 Å². The van der Waals surface area contributed by atoms with Crippen LogP contribution in [0, 0.1) is 0 Å². The van der Waals surface area contributed by atoms with Gasteiger partial charge in [-0.15, -0.1) is 0 Å². The molecule has 4 rings (SSSR count). The van der Waals surface area contributed by atoms with Crippen LogP contribution in [0.5, 0.6) is 11.5 Å². The quantitative estimate of drug-likeness (QED) is 0.386. The van der Waals surface area contributed by atoms with Gasteiger partial charge in [0.1, 0.15) is 17.6 Å². The zero-order valence-corrected chi connectivity index (χ0v) is 20.8. The number of nitrogens with one attached hydrogen (secondary N) is 2. The first-order valence-corrected chi connectivity index (χ1v) is 12.0. The molecule has 3 aromatic rings. The van der Waals surface area contributed by atoms with E-state index in [0.29, 0.717) is 47.4 Å². The van der Waals surface area contributed by atoms with Gasteiger partial charge in [0.05, 0.1) is 42.0 Å². The average Bonchev–Trinajstić information content (AvgIpc) is 3.35. The first kappa shape index (κ1) is 25.8. The van der Waals surface area contributed by atoms with Crippen molar-refractivity contribution in [1.29, 1.82) is 0 Å². The number of carboxylic acid groups (broad SMARTS) is 1. The number of nitrogens with zero attached hydrogens (tertiary/aromatic N) is 1. The van der Waals surface area contributed by atoms with Crippen molar-refractivity contribution in [2.45, 2.75) is 18.9 Å². The number of hydrogen-bond acceptors (Lipinski definition) is 5. The zero-order valence-electron chi connectivity index (χ0n) is 20.1. The number of carbonyl (C=O) groups excluding carboxylic acids is 2. The van der Waals surface area contributed by atoms with Gasteiger partial charge in [-0.1, -0.05) is 29.8 Å². The van der Waals surface area contributed by atoms with Crippen LogP contribution in [0.4, 0.5) is 16.2 Å². The molecule has 1 unspecified atom stereocenters. The summed E-state index contributed by atoms with van der Waals surface area (Å²) in [5.74, 6) is -0.0562. The van der Waals surface area contributed by atoms with Crippen molar-refractivity contribution in [1.82, 2.24) is 4.90 Å². The van der Waals surface area contributed by atoms with E-state index >= 15 is 0 Å². The van der Waals surface area contributed by atoms with Crippen molar-refractivity contribution in [3.63, 3.8) is 0 Å². The van der Waals surface area contributed by atoms with E-state index in [1.54, 1.807) is 59.5 Å². The highest BCUT2D eigenvalue weighted by Crippen LogP contribution is 2.28. The number of likely N-dealkylation sites (tertiary alicyclic amines) is 1. The largest absolute Gasteiger partial charge is 0.495 e. The number of methoxy groups -OCH3 is 1. The Morgan fingerprint density at radius 2 is 1.76 bits per heavy atom. The summed E-state index contributed by atoms with van der Waals surface area (Å²) in [6.45, 7) is 1.01. The molecule has 1 atom stereocenters. The van der Waals surface area contributed by atoms with E-state index in [-0.39, 0.29) is 24.0 Å². The highest BCUT2D eigenvalue weighted by molar-refractivity contribution is 6.33. The molecule has 192 valence electrons. The van der Waals surface area contributed by atoms with Crippen LogP contribution in [0.3, 0.4) is 0 Å². The molecule has 1 heterocycles. The Labute approximate surface area is 218 Å². The number of ether oxygens (including phenoxy) is 2. The van der Waals surface area contributed by atoms with E-state index in [1.165, 1.54) is 19.2 Å². The normalized spacial score (nSPS) is 14.6. The van der Waals surface area contributed by atoms with Crippen LogP contribution in [-0.4, -0.2) is 54.2 Å². The van der Waals surface area contributed by atoms with Crippen molar-refractivity contribution < 1.29 is 29.0 Å². The molecule has 3 N–H and O–H groups in total. The predicted molar refractivity (Wildman–Crippen MR) is 140 cm³/mol. The number of amides is 3. The van der Waals surface area contributed by atoms with E-state index in [0.717, 1.165) is 5.56 Å². The lowest BCUT2D eigenvalue weighted by atomic mass is 10.1. The van der Waals surface area contributed by atoms with Crippen LogP contribution in [0.2, 0.25) is 5.02 Å². The molecule has 10 heteroatoms. The third-order valence-electron chi connectivity index (χ3n) is 5.89. The second kappa shape index (κ2) is 11.7. The van der Waals surface area contributed by atoms with Crippen LogP contribution in [-0.2, 0) is 11.2 Å². The summed E-state index contributed by atoms with van der Waals surface area (Å²) in [4.78, 5) is 38.0. The standard InChI is InChI=1S/C27H26ClN3O6/c1-36-24-14-17(6-11-23(24)30-27(35)29-22-5-3-2-4-21(22)28)15-25(32)31-13-12-20(16-31)37-19-9-7-18(8-10-19)26(33)34/h2-11,14,20H,12-13,15-16H2,1H3,(H,33,34)(H2,29,30,35). The number of para-hydroxylation sites is 1. The number of aromatic carboxylic acids is 1. The first-order chi connectivity index (χ1) is 17.8. The van der Waals surface area contributed by atoms with Crippen LogP contribution >= 0.6 is 11.6 Å². The van der Waals surface area contributed by atoms with E-state index in [1.807, 2.05) is 0 Å². The van der Waals surface area contributed by atoms with Gasteiger partial charge in [-0.3, -0.25) is 4.79 Å². The van der Waals surface area contributed by atoms with Crippen LogP contribution in [0.15, 0.2) is 66.7 Å². The molecule has 0 bridgehead atoms. The molecular formula is C27H26ClN3O6. The second-order valence-electron chi connectivity index (χ2n) is 8.47. The van der Waals surface area contributed by atoms with Gasteiger partial charge in [0.25, 0.3) is 0 Å². The zero-order chi connectivity index (χ0) is 26.4. The van der Waals surface area contributed by atoms with E-state index in [4.69, 9.17) is 26.2 Å². The molecular weight excluding hydrogens is 498 g/mol. The van der Waals surface area contributed by atoms with Crippen molar-refractivity contribution in [3.8, 4) is 11.5 Å². The maximum atomic E-state index is 12.9. The molecule has 37 heavy (non-hydrogen) atoms. The fourth-order valence-electron chi connectivity index (χ4n) is 3.99. The summed E-state index contributed by atoms with van der Waals surface area (Å²) >= 11 is 6.09. The summed E-state index contributed by atoms with van der Waals surface area (Å²) in [7, 11) is 1.49. The molecule has 1 saturated heterocycles. The van der Waals surface area contributed by atoms with Crippen LogP contribution in [0.1, 0.15) is 22.3 Å². The maximum absolute atomic E-state index is 12.9. The van der Waals surface area contributed by atoms with Gasteiger partial charge in [0, 0.05) is 13.0 Å². The SMILES string of the molecule is COc1cc(CC(=O)N2CCC(Oc3ccc(C(=O)O)cc3)C2)ccc1NC(=O)Nc1ccccc1Cl. The second-order valence-corrected chi connectivity index (χ2v) is 8.88. The maximum Gasteiger partial charge on any atom is 0.335 e. The fourth-order valence-corrected chi connectivity index (χ4v) is 4.18. The van der Waals surface area contributed by atoms with Crippen molar-refractivity contribution >= 4 is 40.9 Å². The van der Waals surface area contributed by atoms with E-state index in [9.17, 15) is 14.4 Å². The molecule has 1 aliphatic heterocycles. The summed E-state index contributed by atoms with van der Waals surface area (Å²) in [5.41, 5.74) is 1.86. The molecule has 1 aliphatic rings. The summed E-state index contributed by atoms with van der Waals surface area (Å²) in [6.07, 6.45) is 0.680. The summed E-state index contributed by atoms with van der Waals surface area (Å²) < 4.78 is 11.3. The van der Waals surface area contributed by atoms with Gasteiger partial charge in [-0.2, -0.15) is 0 Å². The lowest BCUT2D eigenvalue weighted by Gasteiger charge is -2.18. The lowest BCUT2D eigenvalue weighted by Crippen LogP contribution is -2.32. The fraction of sp³-hybridized carbons (Fsp3) is 0.222. The van der Waals surface area contributed by atoms with Gasteiger partial charge in [-0.25, -0.2) is 9.59 Å². The predicted octanol–water partition coefficient (Wildman–Crippen LogP) is 4.91. The first-order valence-electron chi connectivity index (χ1n) is 11.6. The summed E-state index contributed by atoms with van der Waals surface area (Å²) in [6, 6.07) is 17.8. The van der Waals surface area contributed by atoms with E-state index in [2.05, 4.69) is 10.6 Å². The molecule has 0 radical (unpaired) electrons. The Balaban J connectivity index is 1.32. The molecule has 3 aromatic carbocycles. The van der Waals surface area contributed by atoms with Crippen molar-refractivity contribution in [2.75, 3.05) is 30.8 Å². The minimum Gasteiger partial charge on any atom is -0.495 e. The number of rotatable bonds is 8. The lowest BCUT2D eigenvalue weighted by molar-refractivity contribution is -0.129. The monoisotopic (exact) mass is 523 g/mol. The van der Waals surface area contributed by atoms with Gasteiger partial charge >= 0.3 is 12.0 Å². The Hall–Kier alpha value is -4.24. The van der Waals surface area contributed by atoms with Crippen molar-refractivity contribution in [3.05, 3.63) is 82.9 Å². The highest BCUT2D eigenvalue weighted by atomic mass is 35.5.